The molecule has 0 bridgehead atoms. The fourth-order valence-electron chi connectivity index (χ4n) is 2.27. The monoisotopic (exact) mass is 248 g/mol. The normalized spacial score (nSPS) is 26.8. The van der Waals surface area contributed by atoms with Crippen molar-refractivity contribution in [3.05, 3.63) is 17.8 Å². The van der Waals surface area contributed by atoms with E-state index in [0.29, 0.717) is 6.04 Å². The second-order valence-electron chi connectivity index (χ2n) is 5.22. The summed E-state index contributed by atoms with van der Waals surface area (Å²) < 4.78 is 0. The lowest BCUT2D eigenvalue weighted by Crippen LogP contribution is -2.61. The van der Waals surface area contributed by atoms with Crippen LogP contribution < -0.4 is 11.1 Å². The van der Waals surface area contributed by atoms with Gasteiger partial charge in [0.25, 0.3) is 0 Å². The van der Waals surface area contributed by atoms with Crippen LogP contribution in [0.3, 0.4) is 0 Å². The summed E-state index contributed by atoms with van der Waals surface area (Å²) >= 11 is 1.64. The van der Waals surface area contributed by atoms with Gasteiger partial charge in [-0.3, -0.25) is 0 Å². The molecular formula is C12H16N4S. The van der Waals surface area contributed by atoms with E-state index in [2.05, 4.69) is 35.2 Å². The minimum Gasteiger partial charge on any atom is -0.366 e. The molecule has 1 saturated carbocycles. The molecule has 3 N–H and O–H groups in total. The Morgan fingerprint density at radius 3 is 3.00 bits per heavy atom. The van der Waals surface area contributed by atoms with Crippen molar-refractivity contribution in [1.82, 2.24) is 9.97 Å². The lowest BCUT2D eigenvalue weighted by Gasteiger charge is -2.50. The molecule has 2 aromatic heterocycles. The minimum absolute atomic E-state index is 0.132. The molecular weight excluding hydrogens is 232 g/mol. The Bertz CT molecular complexity index is 548. The van der Waals surface area contributed by atoms with E-state index in [1.807, 2.05) is 5.38 Å². The van der Waals surface area contributed by atoms with Crippen molar-refractivity contribution >= 4 is 27.4 Å². The maximum atomic E-state index is 6.02. The second-order valence-corrected chi connectivity index (χ2v) is 6.12. The molecule has 0 spiro atoms. The Labute approximate surface area is 104 Å². The van der Waals surface area contributed by atoms with E-state index in [0.717, 1.165) is 22.5 Å². The zero-order chi connectivity index (χ0) is 12.0. The lowest BCUT2D eigenvalue weighted by atomic mass is 9.63. The molecule has 4 nitrogen and oxygen atoms in total. The number of hydrogen-bond acceptors (Lipinski definition) is 5. The summed E-state index contributed by atoms with van der Waals surface area (Å²) in [5.41, 5.74) is 6.15. The number of thiophene rings is 1. The molecule has 1 aliphatic carbocycles. The van der Waals surface area contributed by atoms with Crippen LogP contribution in [0.5, 0.6) is 0 Å². The van der Waals surface area contributed by atoms with Crippen molar-refractivity contribution in [2.24, 2.45) is 11.1 Å². The van der Waals surface area contributed by atoms with E-state index >= 15 is 0 Å². The second kappa shape index (κ2) is 3.65. The molecule has 0 radical (unpaired) electrons. The summed E-state index contributed by atoms with van der Waals surface area (Å²) in [5, 5.41) is 6.65. The molecule has 2 heterocycles. The summed E-state index contributed by atoms with van der Waals surface area (Å²) in [6.45, 7) is 4.40. The molecule has 0 saturated heterocycles. The van der Waals surface area contributed by atoms with Crippen LogP contribution in [0.4, 0.5) is 5.82 Å². The van der Waals surface area contributed by atoms with Gasteiger partial charge in [0, 0.05) is 17.5 Å². The van der Waals surface area contributed by atoms with Gasteiger partial charge in [-0.25, -0.2) is 9.97 Å². The van der Waals surface area contributed by atoms with Crippen LogP contribution >= 0.6 is 11.3 Å². The fraction of sp³-hybridized carbons (Fsp3) is 0.500. The highest BCUT2D eigenvalue weighted by Crippen LogP contribution is 2.41. The van der Waals surface area contributed by atoms with Crippen LogP contribution in [0.25, 0.3) is 10.2 Å². The SMILES string of the molecule is CC1(C)C(N)CC1Nc1ncnc2sccc12. The molecule has 17 heavy (non-hydrogen) atoms. The van der Waals surface area contributed by atoms with E-state index < -0.39 is 0 Å². The predicted molar refractivity (Wildman–Crippen MR) is 71.2 cm³/mol. The van der Waals surface area contributed by atoms with E-state index in [1.54, 1.807) is 17.7 Å². The van der Waals surface area contributed by atoms with Crippen LogP contribution in [0.15, 0.2) is 17.8 Å². The predicted octanol–water partition coefficient (Wildman–Crippen LogP) is 2.23. The first kappa shape index (κ1) is 10.9. The number of hydrogen-bond donors (Lipinski definition) is 2. The highest BCUT2D eigenvalue weighted by atomic mass is 32.1. The summed E-state index contributed by atoms with van der Waals surface area (Å²) in [5.74, 6) is 0.932. The molecule has 2 atom stereocenters. The first-order valence-electron chi connectivity index (χ1n) is 5.79. The summed E-state index contributed by atoms with van der Waals surface area (Å²) in [6, 6.07) is 2.74. The molecule has 3 rings (SSSR count). The molecule has 90 valence electrons. The minimum atomic E-state index is 0.132. The smallest absolute Gasteiger partial charge is 0.138 e. The van der Waals surface area contributed by atoms with Crippen LogP contribution in [0, 0.1) is 5.41 Å². The van der Waals surface area contributed by atoms with Crippen molar-refractivity contribution in [2.45, 2.75) is 32.4 Å². The molecule has 1 fully saturated rings. The molecule has 0 aliphatic heterocycles. The van der Waals surface area contributed by atoms with Gasteiger partial charge >= 0.3 is 0 Å². The number of nitrogens with two attached hydrogens (primary N) is 1. The standard InChI is InChI=1S/C12H16N4S/c1-12(2)8(13)5-9(12)16-10-7-3-4-17-11(7)15-6-14-10/h3-4,6,8-9H,5,13H2,1-2H3,(H,14,15,16). The van der Waals surface area contributed by atoms with E-state index in [4.69, 9.17) is 5.73 Å². The first-order chi connectivity index (χ1) is 8.09. The maximum Gasteiger partial charge on any atom is 0.138 e. The molecule has 0 aromatic carbocycles. The van der Waals surface area contributed by atoms with Crippen LogP contribution in [0.2, 0.25) is 0 Å². The van der Waals surface area contributed by atoms with Crippen molar-refractivity contribution in [3.63, 3.8) is 0 Å². The largest absolute Gasteiger partial charge is 0.366 e. The Kier molecular flexibility index (Phi) is 2.34. The first-order valence-corrected chi connectivity index (χ1v) is 6.67. The molecule has 1 aliphatic rings. The fourth-order valence-corrected chi connectivity index (χ4v) is 3.01. The highest BCUT2D eigenvalue weighted by molar-refractivity contribution is 7.16. The third kappa shape index (κ3) is 1.61. The summed E-state index contributed by atoms with van der Waals surface area (Å²) in [6.07, 6.45) is 2.62. The summed E-state index contributed by atoms with van der Waals surface area (Å²) in [4.78, 5) is 9.61. The third-order valence-corrected chi connectivity index (χ3v) is 4.74. The van der Waals surface area contributed by atoms with Gasteiger partial charge in [0.15, 0.2) is 0 Å². The Morgan fingerprint density at radius 1 is 1.47 bits per heavy atom. The Hall–Kier alpha value is -1.20. The molecule has 2 aromatic rings. The van der Waals surface area contributed by atoms with E-state index in [1.165, 1.54) is 0 Å². The number of anilines is 1. The van der Waals surface area contributed by atoms with Gasteiger partial charge in [0.2, 0.25) is 0 Å². The van der Waals surface area contributed by atoms with Gasteiger partial charge in [-0.1, -0.05) is 13.8 Å². The Morgan fingerprint density at radius 2 is 2.29 bits per heavy atom. The molecule has 2 unspecified atom stereocenters. The van der Waals surface area contributed by atoms with Crippen LogP contribution in [-0.4, -0.2) is 22.1 Å². The van der Waals surface area contributed by atoms with Crippen LogP contribution in [-0.2, 0) is 0 Å². The number of nitrogens with zero attached hydrogens (tertiary/aromatic N) is 2. The van der Waals surface area contributed by atoms with Crippen molar-refractivity contribution in [1.29, 1.82) is 0 Å². The Balaban J connectivity index is 1.89. The third-order valence-electron chi connectivity index (χ3n) is 3.92. The van der Waals surface area contributed by atoms with Crippen LogP contribution in [0.1, 0.15) is 20.3 Å². The zero-order valence-electron chi connectivity index (χ0n) is 9.97. The topological polar surface area (TPSA) is 63.8 Å². The van der Waals surface area contributed by atoms with Gasteiger partial charge < -0.3 is 11.1 Å². The van der Waals surface area contributed by atoms with Crippen molar-refractivity contribution in [2.75, 3.05) is 5.32 Å². The van der Waals surface area contributed by atoms with Gasteiger partial charge in [-0.2, -0.15) is 0 Å². The van der Waals surface area contributed by atoms with Crippen molar-refractivity contribution < 1.29 is 0 Å². The van der Waals surface area contributed by atoms with Gasteiger partial charge in [-0.05, 0) is 17.9 Å². The average Bonchev–Trinajstić information content (AvgIpc) is 2.77. The van der Waals surface area contributed by atoms with Gasteiger partial charge in [0.1, 0.15) is 17.0 Å². The van der Waals surface area contributed by atoms with E-state index in [9.17, 15) is 0 Å². The number of aromatic nitrogens is 2. The average molecular weight is 248 g/mol. The lowest BCUT2D eigenvalue weighted by molar-refractivity contribution is 0.117. The maximum absolute atomic E-state index is 6.02. The highest BCUT2D eigenvalue weighted by Gasteiger charge is 2.46. The van der Waals surface area contributed by atoms with E-state index in [-0.39, 0.29) is 11.5 Å². The summed E-state index contributed by atoms with van der Waals surface area (Å²) in [7, 11) is 0. The number of rotatable bonds is 2. The zero-order valence-corrected chi connectivity index (χ0v) is 10.8. The van der Waals surface area contributed by atoms with Crippen molar-refractivity contribution in [3.8, 4) is 0 Å². The van der Waals surface area contributed by atoms with Gasteiger partial charge in [-0.15, -0.1) is 11.3 Å². The number of nitrogens with one attached hydrogen (secondary N) is 1. The molecule has 5 heteroatoms. The molecule has 0 amide bonds. The number of fused-ring (bicyclic) bond motifs is 1. The quantitative estimate of drug-likeness (QED) is 0.855. The van der Waals surface area contributed by atoms with Gasteiger partial charge in [0.05, 0.1) is 5.39 Å².